The molecule has 0 aliphatic carbocycles. The average Bonchev–Trinajstić information content (AvgIpc) is 3.30. The molecule has 0 saturated carbocycles. The topological polar surface area (TPSA) is 100 Å². The van der Waals surface area contributed by atoms with Gasteiger partial charge in [0, 0.05) is 0 Å². The first-order valence-electron chi connectivity index (χ1n) is 12.2. The lowest BCUT2D eigenvalue weighted by Crippen LogP contribution is -2.31. The molecule has 7 heteroatoms. The quantitative estimate of drug-likeness (QED) is 0.282. The van der Waals surface area contributed by atoms with E-state index in [2.05, 4.69) is 21.4 Å². The zero-order valence-electron chi connectivity index (χ0n) is 21.5. The van der Waals surface area contributed by atoms with Crippen LogP contribution in [-0.2, 0) is 4.79 Å². The number of benzene rings is 3. The minimum Gasteiger partial charge on any atom is -0.490 e. The average molecular weight is 495 g/mol. The SMILES string of the molecule is CCOc1cc(/C=C(\C#N)c2nc3cc(C)c(C)cc3[nH]2)ccc1OCC(=O)N[C@H](C)c1ccccc1. The Morgan fingerprint density at radius 2 is 1.84 bits per heavy atom. The molecule has 0 saturated heterocycles. The van der Waals surface area contributed by atoms with Gasteiger partial charge < -0.3 is 19.8 Å². The molecule has 1 amide bonds. The van der Waals surface area contributed by atoms with Crippen LogP contribution in [0.5, 0.6) is 11.5 Å². The third kappa shape index (κ3) is 6.17. The molecule has 1 atom stereocenters. The zero-order chi connectivity index (χ0) is 26.4. The molecule has 0 bridgehead atoms. The van der Waals surface area contributed by atoms with Crippen LogP contribution in [-0.4, -0.2) is 29.1 Å². The Labute approximate surface area is 216 Å². The van der Waals surface area contributed by atoms with Crippen LogP contribution in [0.2, 0.25) is 0 Å². The highest BCUT2D eigenvalue weighted by atomic mass is 16.5. The Morgan fingerprint density at radius 3 is 2.57 bits per heavy atom. The summed E-state index contributed by atoms with van der Waals surface area (Å²) in [7, 11) is 0. The highest BCUT2D eigenvalue weighted by Gasteiger charge is 2.14. The molecular formula is C30H30N4O3. The first-order valence-corrected chi connectivity index (χ1v) is 12.2. The van der Waals surface area contributed by atoms with E-state index in [1.165, 1.54) is 0 Å². The van der Waals surface area contributed by atoms with E-state index >= 15 is 0 Å². The number of nitriles is 1. The van der Waals surface area contributed by atoms with Crippen molar-refractivity contribution in [3.05, 3.63) is 88.7 Å². The smallest absolute Gasteiger partial charge is 0.258 e. The van der Waals surface area contributed by atoms with E-state index in [4.69, 9.17) is 9.47 Å². The first kappa shape index (κ1) is 25.5. The van der Waals surface area contributed by atoms with Crippen LogP contribution in [0.4, 0.5) is 0 Å². The summed E-state index contributed by atoms with van der Waals surface area (Å²) in [5.74, 6) is 1.22. The maximum atomic E-state index is 12.5. The Balaban J connectivity index is 1.50. The Bertz CT molecular complexity index is 1440. The second-order valence-corrected chi connectivity index (χ2v) is 8.84. The number of carbonyl (C=O) groups excluding carboxylic acids is 1. The third-order valence-corrected chi connectivity index (χ3v) is 6.09. The second kappa shape index (κ2) is 11.4. The summed E-state index contributed by atoms with van der Waals surface area (Å²) in [6.07, 6.45) is 1.75. The van der Waals surface area contributed by atoms with Gasteiger partial charge in [-0.25, -0.2) is 4.98 Å². The Hall–Kier alpha value is -4.57. The number of amides is 1. The Kier molecular flexibility index (Phi) is 7.89. The van der Waals surface area contributed by atoms with Crippen LogP contribution in [0.1, 0.15) is 48.0 Å². The van der Waals surface area contributed by atoms with Crippen molar-refractivity contribution < 1.29 is 14.3 Å². The van der Waals surface area contributed by atoms with Crippen LogP contribution in [0.3, 0.4) is 0 Å². The van der Waals surface area contributed by atoms with Crippen molar-refractivity contribution in [3.8, 4) is 17.6 Å². The van der Waals surface area contributed by atoms with E-state index in [0.717, 1.165) is 33.3 Å². The molecule has 3 aromatic carbocycles. The van der Waals surface area contributed by atoms with Crippen LogP contribution < -0.4 is 14.8 Å². The van der Waals surface area contributed by atoms with Gasteiger partial charge >= 0.3 is 0 Å². The number of allylic oxidation sites excluding steroid dienone is 1. The number of aryl methyl sites for hydroxylation is 2. The van der Waals surface area contributed by atoms with Gasteiger partial charge in [0.25, 0.3) is 5.91 Å². The number of H-pyrrole nitrogens is 1. The highest BCUT2D eigenvalue weighted by molar-refractivity contribution is 5.90. The summed E-state index contributed by atoms with van der Waals surface area (Å²) in [6, 6.07) is 21.2. The molecule has 1 aromatic heterocycles. The van der Waals surface area contributed by atoms with Gasteiger partial charge in [-0.05, 0) is 80.3 Å². The molecule has 4 aromatic rings. The standard InChI is InChI=1S/C30H30N4O3/c1-5-36-28-16-22(15-24(17-31)30-33-25-13-19(2)20(3)14-26(25)34-30)11-12-27(28)37-18-29(35)32-21(4)23-9-7-6-8-10-23/h6-16,21H,5,18H2,1-4H3,(H,32,35)(H,33,34)/b24-15+/t21-/m1/s1. The van der Waals surface area contributed by atoms with Gasteiger partial charge in [-0.3, -0.25) is 4.79 Å². The fraction of sp³-hybridized carbons (Fsp3) is 0.233. The van der Waals surface area contributed by atoms with Crippen LogP contribution in [0.25, 0.3) is 22.7 Å². The molecule has 0 fully saturated rings. The van der Waals surface area contributed by atoms with Crippen molar-refractivity contribution in [1.29, 1.82) is 5.26 Å². The number of imidazole rings is 1. The van der Waals surface area contributed by atoms with Crippen molar-refractivity contribution >= 4 is 28.6 Å². The molecule has 37 heavy (non-hydrogen) atoms. The van der Waals surface area contributed by atoms with Crippen molar-refractivity contribution in [1.82, 2.24) is 15.3 Å². The van der Waals surface area contributed by atoms with Gasteiger partial charge in [0.15, 0.2) is 18.1 Å². The molecule has 0 spiro atoms. The van der Waals surface area contributed by atoms with Crippen LogP contribution >= 0.6 is 0 Å². The molecule has 2 N–H and O–H groups in total. The largest absolute Gasteiger partial charge is 0.490 e. The predicted octanol–water partition coefficient (Wildman–Crippen LogP) is 5.90. The number of carbonyl (C=O) groups is 1. The minimum absolute atomic E-state index is 0.133. The number of ether oxygens (including phenoxy) is 2. The number of nitrogens with one attached hydrogen (secondary N) is 2. The van der Waals surface area contributed by atoms with E-state index in [1.54, 1.807) is 18.2 Å². The van der Waals surface area contributed by atoms with Crippen LogP contribution in [0, 0.1) is 25.2 Å². The maximum absolute atomic E-state index is 12.5. The number of aromatic nitrogens is 2. The summed E-state index contributed by atoms with van der Waals surface area (Å²) in [5, 5.41) is 12.8. The summed E-state index contributed by atoms with van der Waals surface area (Å²) in [4.78, 5) is 20.3. The fourth-order valence-corrected chi connectivity index (χ4v) is 3.97. The van der Waals surface area contributed by atoms with E-state index < -0.39 is 0 Å². The Morgan fingerprint density at radius 1 is 1.08 bits per heavy atom. The van der Waals surface area contributed by atoms with Crippen molar-refractivity contribution in [2.45, 2.75) is 33.7 Å². The highest BCUT2D eigenvalue weighted by Crippen LogP contribution is 2.30. The molecule has 0 radical (unpaired) electrons. The lowest BCUT2D eigenvalue weighted by atomic mass is 10.1. The maximum Gasteiger partial charge on any atom is 0.258 e. The molecule has 0 aliphatic heterocycles. The fourth-order valence-electron chi connectivity index (χ4n) is 3.97. The second-order valence-electron chi connectivity index (χ2n) is 8.84. The molecule has 1 heterocycles. The van der Waals surface area contributed by atoms with Gasteiger partial charge in [0.1, 0.15) is 11.9 Å². The van der Waals surface area contributed by atoms with Gasteiger partial charge in [-0.1, -0.05) is 36.4 Å². The number of nitrogens with zero attached hydrogens (tertiary/aromatic N) is 2. The van der Waals surface area contributed by atoms with Crippen LogP contribution in [0.15, 0.2) is 60.7 Å². The first-order chi connectivity index (χ1) is 17.9. The summed E-state index contributed by atoms with van der Waals surface area (Å²) in [5.41, 5.74) is 6.18. The summed E-state index contributed by atoms with van der Waals surface area (Å²) >= 11 is 0. The van der Waals surface area contributed by atoms with Gasteiger partial charge in [0.05, 0.1) is 29.3 Å². The van der Waals surface area contributed by atoms with Crippen molar-refractivity contribution in [3.63, 3.8) is 0 Å². The van der Waals surface area contributed by atoms with E-state index in [9.17, 15) is 10.1 Å². The lowest BCUT2D eigenvalue weighted by molar-refractivity contribution is -0.123. The number of hydrogen-bond acceptors (Lipinski definition) is 5. The third-order valence-electron chi connectivity index (χ3n) is 6.09. The molecule has 7 nitrogen and oxygen atoms in total. The molecule has 0 unspecified atom stereocenters. The monoisotopic (exact) mass is 494 g/mol. The molecule has 0 aliphatic rings. The number of rotatable bonds is 9. The summed E-state index contributed by atoms with van der Waals surface area (Å²) in [6.45, 7) is 8.16. The normalized spacial score (nSPS) is 12.1. The number of hydrogen-bond donors (Lipinski definition) is 2. The zero-order valence-corrected chi connectivity index (χ0v) is 21.5. The van der Waals surface area contributed by atoms with E-state index in [0.29, 0.717) is 29.5 Å². The van der Waals surface area contributed by atoms with Crippen molar-refractivity contribution in [2.75, 3.05) is 13.2 Å². The minimum atomic E-state index is -0.232. The lowest BCUT2D eigenvalue weighted by Gasteiger charge is -2.16. The predicted molar refractivity (Wildman–Crippen MR) is 145 cm³/mol. The molecule has 4 rings (SSSR count). The number of aromatic amines is 1. The van der Waals surface area contributed by atoms with Gasteiger partial charge in [0.2, 0.25) is 0 Å². The summed E-state index contributed by atoms with van der Waals surface area (Å²) < 4.78 is 11.5. The van der Waals surface area contributed by atoms with E-state index in [1.807, 2.05) is 76.2 Å². The number of fused-ring (bicyclic) bond motifs is 1. The van der Waals surface area contributed by atoms with Gasteiger partial charge in [-0.2, -0.15) is 5.26 Å². The van der Waals surface area contributed by atoms with Crippen molar-refractivity contribution in [2.24, 2.45) is 0 Å². The molecule has 188 valence electrons. The molecular weight excluding hydrogens is 464 g/mol. The van der Waals surface area contributed by atoms with E-state index in [-0.39, 0.29) is 18.6 Å². The van der Waals surface area contributed by atoms with Gasteiger partial charge in [-0.15, -0.1) is 0 Å².